The molecule has 7 N–H and O–H groups in total. The van der Waals surface area contributed by atoms with E-state index in [9.17, 15) is 52.7 Å². The first-order valence-electron chi connectivity index (χ1n) is 22.7. The van der Waals surface area contributed by atoms with Crippen LogP contribution in [0.3, 0.4) is 0 Å². The summed E-state index contributed by atoms with van der Waals surface area (Å²) >= 11 is 0. The van der Waals surface area contributed by atoms with Crippen molar-refractivity contribution in [3.8, 4) is 0 Å². The van der Waals surface area contributed by atoms with E-state index in [4.69, 9.17) is 39.0 Å². The van der Waals surface area contributed by atoms with Crippen LogP contribution < -0.4 is 21.3 Å². The van der Waals surface area contributed by atoms with Crippen LogP contribution >= 0.6 is 0 Å². The first kappa shape index (κ1) is 60.1. The molecule has 4 amide bonds. The summed E-state index contributed by atoms with van der Waals surface area (Å²) in [5.41, 5.74) is 1.02. The topological polar surface area (TPSA) is 343 Å². The van der Waals surface area contributed by atoms with Gasteiger partial charge >= 0.3 is 41.8 Å². The molecule has 0 heterocycles. The number of nitrogens with one attached hydrogen (secondary N) is 4. The second-order valence-corrected chi connectivity index (χ2v) is 15.2. The van der Waals surface area contributed by atoms with Crippen molar-refractivity contribution in [1.82, 2.24) is 21.3 Å². The van der Waals surface area contributed by atoms with Crippen molar-refractivity contribution in [2.45, 2.75) is 76.3 Å². The first-order valence-corrected chi connectivity index (χ1v) is 22.7. The van der Waals surface area contributed by atoms with Crippen molar-refractivity contribution in [3.05, 3.63) is 108 Å². The van der Waals surface area contributed by atoms with E-state index < -0.39 is 90.3 Å². The average Bonchev–Trinajstić information content (AvgIpc) is 3.35. The van der Waals surface area contributed by atoms with E-state index in [0.29, 0.717) is 24.0 Å². The fourth-order valence-electron chi connectivity index (χ4n) is 5.80. The monoisotopic (exact) mass is 1010 g/mol. The van der Waals surface area contributed by atoms with Crippen LogP contribution in [-0.4, -0.2) is 146 Å². The normalized spacial score (nSPS) is 11.2. The Bertz CT molecular complexity index is 2210. The number of carboxylic acid groups (broad SMARTS) is 3. The lowest BCUT2D eigenvalue weighted by molar-refractivity contribution is -0.141. The molecule has 0 bridgehead atoms. The molecular weight excluding hydrogens is 949 g/mol. The second-order valence-electron chi connectivity index (χ2n) is 15.2. The summed E-state index contributed by atoms with van der Waals surface area (Å²) in [6, 6.07) is 22.2. The van der Waals surface area contributed by atoms with E-state index in [1.165, 1.54) is 12.1 Å². The highest BCUT2D eigenvalue weighted by molar-refractivity contribution is 5.99. The van der Waals surface area contributed by atoms with Gasteiger partial charge in [0.1, 0.15) is 25.3 Å². The fourth-order valence-corrected chi connectivity index (χ4v) is 5.80. The van der Waals surface area contributed by atoms with Gasteiger partial charge in [0.2, 0.25) is 23.6 Å². The maximum Gasteiger partial charge on any atom is 0.345 e. The molecule has 0 saturated heterocycles. The van der Waals surface area contributed by atoms with E-state index in [0.717, 1.165) is 0 Å². The Morgan fingerprint density at radius 3 is 1.17 bits per heavy atom. The molecule has 72 heavy (non-hydrogen) atoms. The van der Waals surface area contributed by atoms with Crippen LogP contribution in [0, 0.1) is 0 Å². The zero-order chi connectivity index (χ0) is 52.9. The molecule has 0 aliphatic heterocycles. The smallest absolute Gasteiger partial charge is 0.345 e. The molecule has 0 fully saturated rings. The molecule has 0 aliphatic rings. The minimum absolute atomic E-state index is 0.0461. The van der Waals surface area contributed by atoms with Gasteiger partial charge in [0.25, 0.3) is 0 Å². The second kappa shape index (κ2) is 36.0. The van der Waals surface area contributed by atoms with Gasteiger partial charge in [0.05, 0.1) is 42.7 Å². The highest BCUT2D eigenvalue weighted by atomic mass is 16.6. The number of carbonyl (C=O) groups is 11. The zero-order valence-corrected chi connectivity index (χ0v) is 39.4. The molecule has 2 atom stereocenters. The Labute approximate surface area is 414 Å². The third-order valence-electron chi connectivity index (χ3n) is 9.33. The lowest BCUT2D eigenvalue weighted by atomic mass is 10.1. The average molecular weight is 1010 g/mol. The van der Waals surface area contributed by atoms with Crippen LogP contribution in [0.25, 0.3) is 0 Å². The van der Waals surface area contributed by atoms with Crippen molar-refractivity contribution in [2.24, 2.45) is 0 Å². The first-order chi connectivity index (χ1) is 34.5. The van der Waals surface area contributed by atoms with Crippen molar-refractivity contribution in [3.63, 3.8) is 0 Å². The summed E-state index contributed by atoms with van der Waals surface area (Å²) in [6.07, 6.45) is -1.00. The minimum Gasteiger partial charge on any atom is -0.481 e. The van der Waals surface area contributed by atoms with Gasteiger partial charge in [-0.2, -0.15) is 0 Å². The number of carbonyl (C=O) groups excluding carboxylic acids is 8. The molecule has 23 nitrogen and oxygen atoms in total. The SMILES string of the molecule is O=C(O)CCCC(=O)NC(CC(=O)O)C(=O)NCCCOCCOC(=O)c1ccccc1.O=C(O)CCCC(=O)NC(CC(=O)OC(=O)c1ccccc1)C(=O)NCCCOCCOC(=O)c1ccccc1. The number of rotatable bonds is 33. The number of hydrogen-bond donors (Lipinski definition) is 7. The van der Waals surface area contributed by atoms with Gasteiger partial charge in [0, 0.05) is 52.0 Å². The maximum absolute atomic E-state index is 12.7. The number of amides is 4. The van der Waals surface area contributed by atoms with Gasteiger partial charge < -0.3 is 60.3 Å². The van der Waals surface area contributed by atoms with Gasteiger partial charge in [-0.05, 0) is 62.1 Å². The number of hydrogen-bond acceptors (Lipinski definition) is 16. The Morgan fingerprint density at radius 2 is 0.792 bits per heavy atom. The van der Waals surface area contributed by atoms with Gasteiger partial charge in [-0.3, -0.25) is 38.4 Å². The lowest BCUT2D eigenvalue weighted by Crippen LogP contribution is -2.48. The van der Waals surface area contributed by atoms with E-state index in [1.54, 1.807) is 78.9 Å². The van der Waals surface area contributed by atoms with Crippen LogP contribution in [0.4, 0.5) is 0 Å². The number of carboxylic acids is 3. The molecule has 390 valence electrons. The molecule has 0 spiro atoms. The van der Waals surface area contributed by atoms with E-state index in [1.807, 2.05) is 0 Å². The van der Waals surface area contributed by atoms with Gasteiger partial charge in [-0.1, -0.05) is 54.6 Å². The summed E-state index contributed by atoms with van der Waals surface area (Å²) in [4.78, 5) is 129. The highest BCUT2D eigenvalue weighted by Crippen LogP contribution is 2.07. The third-order valence-corrected chi connectivity index (χ3v) is 9.33. The molecule has 23 heteroatoms. The molecule has 0 radical (unpaired) electrons. The predicted octanol–water partition coefficient (Wildman–Crippen LogP) is 2.46. The Kier molecular flexibility index (Phi) is 30.0. The Morgan fingerprint density at radius 1 is 0.417 bits per heavy atom. The summed E-state index contributed by atoms with van der Waals surface area (Å²) in [5.74, 6) is -8.77. The van der Waals surface area contributed by atoms with Crippen LogP contribution in [0.2, 0.25) is 0 Å². The molecule has 2 unspecified atom stereocenters. The summed E-state index contributed by atoms with van der Waals surface area (Å²) in [5, 5.41) is 36.0. The van der Waals surface area contributed by atoms with E-state index >= 15 is 0 Å². The minimum atomic E-state index is -1.34. The molecule has 0 aromatic heterocycles. The molecule has 0 aliphatic carbocycles. The standard InChI is InChI=1S/C28H32N2O10.C21H28N2O9/c31-23(13-7-14-24(32)33)30-22(19-25(34)40-28(37)21-11-5-2-6-12-21)26(35)29-15-8-16-38-17-18-39-27(36)20-9-3-1-4-10-20;24-17(8-4-9-18(25)26)23-16(14-19(27)28)20(29)22-10-5-11-31-12-13-32-21(30)15-6-2-1-3-7-15/h1-6,9-12,22H,7-8,13-19H2,(H,29,35)(H,30,31)(H,32,33);1-3,6-7,16H,4-5,8-14H2,(H,22,29)(H,23,24)(H,25,26)(H,27,28). The van der Waals surface area contributed by atoms with Crippen molar-refractivity contribution in [1.29, 1.82) is 0 Å². The molecular formula is C49H60N4O19. The third kappa shape index (κ3) is 28.4. The van der Waals surface area contributed by atoms with E-state index in [-0.39, 0.29) is 96.8 Å². The predicted molar refractivity (Wildman–Crippen MR) is 251 cm³/mol. The van der Waals surface area contributed by atoms with Gasteiger partial charge in [-0.25, -0.2) is 14.4 Å². The number of ether oxygens (including phenoxy) is 5. The molecule has 3 aromatic carbocycles. The Balaban J connectivity index is 0.000000506. The molecule has 3 aromatic rings. The maximum atomic E-state index is 12.7. The summed E-state index contributed by atoms with van der Waals surface area (Å²) in [7, 11) is 0. The van der Waals surface area contributed by atoms with Crippen LogP contribution in [0.5, 0.6) is 0 Å². The van der Waals surface area contributed by atoms with Crippen molar-refractivity contribution < 1.29 is 91.7 Å². The quantitative estimate of drug-likeness (QED) is 0.0199. The van der Waals surface area contributed by atoms with E-state index in [2.05, 4.69) is 21.3 Å². The number of aliphatic carboxylic acids is 3. The molecule has 0 saturated carbocycles. The van der Waals surface area contributed by atoms with Crippen LogP contribution in [-0.2, 0) is 62.0 Å². The summed E-state index contributed by atoms with van der Waals surface area (Å²) in [6.45, 7) is 1.31. The molecule has 3 rings (SSSR count). The van der Waals surface area contributed by atoms with Crippen molar-refractivity contribution in [2.75, 3.05) is 52.7 Å². The van der Waals surface area contributed by atoms with Crippen LogP contribution in [0.15, 0.2) is 91.0 Å². The van der Waals surface area contributed by atoms with Crippen molar-refractivity contribution >= 4 is 65.4 Å². The number of esters is 4. The zero-order valence-electron chi connectivity index (χ0n) is 39.4. The van der Waals surface area contributed by atoms with Crippen LogP contribution in [0.1, 0.15) is 95.3 Å². The van der Waals surface area contributed by atoms with Gasteiger partial charge in [-0.15, -0.1) is 0 Å². The highest BCUT2D eigenvalue weighted by Gasteiger charge is 2.27. The fraction of sp³-hybridized carbons (Fsp3) is 0.408. The lowest BCUT2D eigenvalue weighted by Gasteiger charge is -2.18. The summed E-state index contributed by atoms with van der Waals surface area (Å²) < 4.78 is 25.6. The largest absolute Gasteiger partial charge is 0.481 e. The number of benzene rings is 3. The Hall–Kier alpha value is -8.05. The van der Waals surface area contributed by atoms with Gasteiger partial charge in [0.15, 0.2) is 0 Å².